The van der Waals surface area contributed by atoms with Gasteiger partial charge in [0.2, 0.25) is 0 Å². The highest BCUT2D eigenvalue weighted by Crippen LogP contribution is 2.25. The number of rotatable bonds is 6. The lowest BCUT2D eigenvalue weighted by molar-refractivity contribution is -0.0336. The number of anilines is 1. The average Bonchev–Trinajstić information content (AvgIpc) is 2.64. The monoisotopic (exact) mass is 402 g/mol. The van der Waals surface area contributed by atoms with Gasteiger partial charge in [0.25, 0.3) is 0 Å². The van der Waals surface area contributed by atoms with E-state index in [0.717, 1.165) is 44.0 Å². The van der Waals surface area contributed by atoms with Crippen LogP contribution in [0, 0.1) is 6.92 Å². The molecule has 1 aromatic carbocycles. The van der Waals surface area contributed by atoms with E-state index in [1.165, 1.54) is 30.5 Å². The first-order valence-corrected chi connectivity index (χ1v) is 10.0. The van der Waals surface area contributed by atoms with E-state index in [1.807, 2.05) is 6.07 Å². The van der Waals surface area contributed by atoms with E-state index >= 15 is 0 Å². The molecule has 1 aliphatic heterocycles. The van der Waals surface area contributed by atoms with E-state index < -0.39 is 0 Å². The first-order valence-electron chi connectivity index (χ1n) is 9.65. The van der Waals surface area contributed by atoms with E-state index in [0.29, 0.717) is 19.3 Å². The van der Waals surface area contributed by atoms with E-state index in [-0.39, 0.29) is 18.5 Å². The molecule has 1 heterocycles. The van der Waals surface area contributed by atoms with Gasteiger partial charge in [0.15, 0.2) is 0 Å². The van der Waals surface area contributed by atoms with Crippen molar-refractivity contribution >= 4 is 29.7 Å². The second kappa shape index (κ2) is 10.7. The normalized spacial score (nSPS) is 20.7. The summed E-state index contributed by atoms with van der Waals surface area (Å²) in [6.07, 6.45) is 6.16. The highest BCUT2D eigenvalue weighted by molar-refractivity contribution is 6.30. The zero-order valence-corrected chi connectivity index (χ0v) is 17.3. The minimum atomic E-state index is -0.388. The number of nitrogens with zero attached hydrogens (tertiary/aromatic N) is 2. The fourth-order valence-corrected chi connectivity index (χ4v) is 4.09. The average molecular weight is 403 g/mol. The minimum absolute atomic E-state index is 0. The van der Waals surface area contributed by atoms with Crippen molar-refractivity contribution in [3.05, 3.63) is 28.8 Å². The van der Waals surface area contributed by atoms with E-state index in [4.69, 9.17) is 16.3 Å². The van der Waals surface area contributed by atoms with Crippen LogP contribution in [0.5, 0.6) is 0 Å². The molecule has 1 N–H and O–H groups in total. The number of aryl methyl sites for hydroxylation is 1. The van der Waals surface area contributed by atoms with Crippen LogP contribution in [-0.2, 0) is 4.74 Å². The number of ether oxygens (including phenoxy) is 1. The summed E-state index contributed by atoms with van der Waals surface area (Å²) < 4.78 is 5.90. The van der Waals surface area contributed by atoms with Crippen molar-refractivity contribution in [3.8, 4) is 0 Å². The molecule has 2 fully saturated rings. The van der Waals surface area contributed by atoms with Crippen LogP contribution in [0.25, 0.3) is 0 Å². The maximum Gasteiger partial charge on any atom is 0.0900 e. The molecule has 148 valence electrons. The van der Waals surface area contributed by atoms with E-state index in [9.17, 15) is 5.11 Å². The van der Waals surface area contributed by atoms with Gasteiger partial charge in [-0.15, -0.1) is 12.4 Å². The second-order valence-electron chi connectivity index (χ2n) is 7.47. The van der Waals surface area contributed by atoms with Crippen LogP contribution >= 0.6 is 24.0 Å². The van der Waals surface area contributed by atoms with Crippen LogP contribution in [0.3, 0.4) is 0 Å². The van der Waals surface area contributed by atoms with Gasteiger partial charge in [-0.05, 0) is 37.5 Å². The molecule has 1 unspecified atom stereocenters. The third kappa shape index (κ3) is 6.28. The van der Waals surface area contributed by atoms with Crippen LogP contribution < -0.4 is 4.90 Å². The fraction of sp³-hybridized carbons (Fsp3) is 0.700. The molecule has 1 aliphatic carbocycles. The smallest absolute Gasteiger partial charge is 0.0900 e. The minimum Gasteiger partial charge on any atom is -0.389 e. The Morgan fingerprint density at radius 2 is 1.85 bits per heavy atom. The summed E-state index contributed by atoms with van der Waals surface area (Å²) in [4.78, 5) is 4.73. The van der Waals surface area contributed by atoms with Crippen molar-refractivity contribution in [3.63, 3.8) is 0 Å². The van der Waals surface area contributed by atoms with Crippen molar-refractivity contribution in [1.82, 2.24) is 4.90 Å². The Bertz CT molecular complexity index is 545. The highest BCUT2D eigenvalue weighted by Gasteiger charge is 2.22. The first kappa shape index (κ1) is 21.8. The van der Waals surface area contributed by atoms with Crippen molar-refractivity contribution < 1.29 is 9.84 Å². The molecule has 0 amide bonds. The fourth-order valence-electron chi connectivity index (χ4n) is 3.92. The van der Waals surface area contributed by atoms with Crippen molar-refractivity contribution in [2.75, 3.05) is 44.2 Å². The zero-order valence-electron chi connectivity index (χ0n) is 15.7. The molecule has 1 saturated carbocycles. The van der Waals surface area contributed by atoms with Gasteiger partial charge in [0, 0.05) is 43.4 Å². The van der Waals surface area contributed by atoms with E-state index in [1.54, 1.807) is 0 Å². The Hall–Kier alpha value is -0.520. The van der Waals surface area contributed by atoms with Crippen molar-refractivity contribution in [2.45, 2.75) is 51.2 Å². The Balaban J connectivity index is 0.00000243. The summed E-state index contributed by atoms with van der Waals surface area (Å²) in [7, 11) is 0. The maximum absolute atomic E-state index is 10.3. The van der Waals surface area contributed by atoms with Gasteiger partial charge in [-0.25, -0.2) is 0 Å². The van der Waals surface area contributed by atoms with E-state index in [2.05, 4.69) is 28.9 Å². The van der Waals surface area contributed by atoms with Crippen molar-refractivity contribution in [2.24, 2.45) is 0 Å². The Labute approximate surface area is 168 Å². The number of piperazine rings is 1. The van der Waals surface area contributed by atoms with Crippen LogP contribution in [0.1, 0.15) is 37.7 Å². The maximum atomic E-state index is 10.3. The van der Waals surface area contributed by atoms with Gasteiger partial charge in [-0.2, -0.15) is 0 Å². The molecule has 6 heteroatoms. The van der Waals surface area contributed by atoms with Gasteiger partial charge in [-0.1, -0.05) is 36.9 Å². The number of aliphatic hydroxyl groups is 1. The molecule has 0 aromatic heterocycles. The lowest BCUT2D eigenvalue weighted by Crippen LogP contribution is -2.49. The Morgan fingerprint density at radius 3 is 2.54 bits per heavy atom. The van der Waals surface area contributed by atoms with Gasteiger partial charge in [0.05, 0.1) is 18.8 Å². The largest absolute Gasteiger partial charge is 0.389 e. The predicted molar refractivity (Wildman–Crippen MR) is 111 cm³/mol. The second-order valence-corrected chi connectivity index (χ2v) is 7.90. The summed E-state index contributed by atoms with van der Waals surface area (Å²) in [5.41, 5.74) is 2.49. The molecule has 1 atom stereocenters. The van der Waals surface area contributed by atoms with Crippen LogP contribution in [0.4, 0.5) is 5.69 Å². The van der Waals surface area contributed by atoms with Crippen LogP contribution in [-0.4, -0.2) is 61.5 Å². The molecule has 0 spiro atoms. The third-order valence-corrected chi connectivity index (χ3v) is 5.66. The summed E-state index contributed by atoms with van der Waals surface area (Å²) in [5, 5.41) is 11.1. The molecule has 1 saturated heterocycles. The number of hydrogen-bond donors (Lipinski definition) is 1. The summed E-state index contributed by atoms with van der Waals surface area (Å²) in [5.74, 6) is 0. The number of β-amino-alcohol motifs (C(OH)–C–C–N with tert-alkyl or cyclic N) is 1. The number of aliphatic hydroxyl groups excluding tert-OH is 1. The number of benzene rings is 1. The topological polar surface area (TPSA) is 35.9 Å². The summed E-state index contributed by atoms with van der Waals surface area (Å²) >= 11 is 6.15. The zero-order chi connectivity index (χ0) is 17.6. The highest BCUT2D eigenvalue weighted by atomic mass is 35.5. The quantitative estimate of drug-likeness (QED) is 0.782. The summed E-state index contributed by atoms with van der Waals surface area (Å²) in [6, 6.07) is 6.08. The SMILES string of the molecule is Cc1ccc(Cl)cc1N1CCN(CC(O)COC2CCCCC2)CC1.Cl. The molecule has 4 nitrogen and oxygen atoms in total. The number of hydrogen-bond acceptors (Lipinski definition) is 4. The molecular weight excluding hydrogens is 371 g/mol. The Morgan fingerprint density at radius 1 is 1.15 bits per heavy atom. The molecule has 0 radical (unpaired) electrons. The molecular formula is C20H32Cl2N2O2. The lowest BCUT2D eigenvalue weighted by Gasteiger charge is -2.37. The van der Waals surface area contributed by atoms with Gasteiger partial charge in [-0.3, -0.25) is 4.90 Å². The third-order valence-electron chi connectivity index (χ3n) is 5.43. The molecule has 0 bridgehead atoms. The summed E-state index contributed by atoms with van der Waals surface area (Å²) in [6.45, 7) is 7.17. The molecule has 2 aliphatic rings. The van der Waals surface area contributed by atoms with Gasteiger partial charge < -0.3 is 14.7 Å². The molecule has 1 aromatic rings. The van der Waals surface area contributed by atoms with Gasteiger partial charge in [0.1, 0.15) is 0 Å². The number of halogens is 2. The predicted octanol–water partition coefficient (Wildman–Crippen LogP) is 3.90. The van der Waals surface area contributed by atoms with Crippen LogP contribution in [0.15, 0.2) is 18.2 Å². The standard InChI is InChI=1S/C20H31ClN2O2.ClH/c1-16-7-8-17(21)13-20(16)23-11-9-22(10-12-23)14-18(24)15-25-19-5-3-2-4-6-19;/h7-8,13,18-19,24H,2-6,9-12,14-15H2,1H3;1H. The van der Waals surface area contributed by atoms with Gasteiger partial charge >= 0.3 is 0 Å². The van der Waals surface area contributed by atoms with Crippen molar-refractivity contribution in [1.29, 1.82) is 0 Å². The molecule has 26 heavy (non-hydrogen) atoms. The Kier molecular flexibility index (Phi) is 8.98. The first-order chi connectivity index (χ1) is 12.1. The van der Waals surface area contributed by atoms with Crippen LogP contribution in [0.2, 0.25) is 5.02 Å². The lowest BCUT2D eigenvalue weighted by atomic mass is 9.98. The molecule has 3 rings (SSSR count).